The lowest BCUT2D eigenvalue weighted by Crippen LogP contribution is -2.09. The largest absolute Gasteiger partial charge is 0.508 e. The number of aromatic hydroxyl groups is 1. The molecule has 0 radical (unpaired) electrons. The van der Waals surface area contributed by atoms with Crippen LogP contribution in [0.5, 0.6) is 17.2 Å². The smallest absolute Gasteiger partial charge is 0.178 e. The van der Waals surface area contributed by atoms with Gasteiger partial charge in [-0.3, -0.25) is 4.21 Å². The van der Waals surface area contributed by atoms with Gasteiger partial charge in [0.15, 0.2) is 5.65 Å². The van der Waals surface area contributed by atoms with Gasteiger partial charge in [0.05, 0.1) is 34.7 Å². The van der Waals surface area contributed by atoms with E-state index in [0.717, 1.165) is 27.6 Å². The van der Waals surface area contributed by atoms with Crippen molar-refractivity contribution in [3.63, 3.8) is 0 Å². The summed E-state index contributed by atoms with van der Waals surface area (Å²) in [4.78, 5) is 12.9. The highest BCUT2D eigenvalue weighted by Crippen LogP contribution is 2.39. The van der Waals surface area contributed by atoms with Gasteiger partial charge >= 0.3 is 0 Å². The fraction of sp³-hybridized carbons (Fsp3) is 0.120. The molecule has 0 aliphatic carbocycles. The Kier molecular flexibility index (Phi) is 5.66. The van der Waals surface area contributed by atoms with Crippen LogP contribution < -0.4 is 9.47 Å². The SMILES string of the molecule is COc1cccc2c(OCCS(=O)c3ccc(O)cc3)c(-c3nc4ncccc4[nH]3)ccc12. The van der Waals surface area contributed by atoms with Crippen molar-refractivity contribution in [2.75, 3.05) is 19.5 Å². The maximum absolute atomic E-state index is 12.7. The molecule has 0 amide bonds. The Morgan fingerprint density at radius 3 is 2.64 bits per heavy atom. The third-order valence-electron chi connectivity index (χ3n) is 5.32. The summed E-state index contributed by atoms with van der Waals surface area (Å²) < 4.78 is 24.5. The van der Waals surface area contributed by atoms with Crippen LogP contribution in [0.3, 0.4) is 0 Å². The van der Waals surface area contributed by atoms with Crippen LogP contribution in [0, 0.1) is 0 Å². The topological polar surface area (TPSA) is 97.3 Å². The normalized spacial score (nSPS) is 12.2. The molecule has 0 saturated heterocycles. The van der Waals surface area contributed by atoms with Gasteiger partial charge in [0, 0.05) is 21.9 Å². The number of phenols is 1. The first-order valence-corrected chi connectivity index (χ1v) is 11.7. The van der Waals surface area contributed by atoms with E-state index in [1.165, 1.54) is 12.1 Å². The molecule has 8 heteroatoms. The number of ether oxygens (including phenoxy) is 2. The van der Waals surface area contributed by atoms with Gasteiger partial charge in [-0.15, -0.1) is 0 Å². The summed E-state index contributed by atoms with van der Waals surface area (Å²) in [6.45, 7) is 0.231. The van der Waals surface area contributed by atoms with Crippen molar-refractivity contribution in [3.05, 3.63) is 72.9 Å². The Hall–Kier alpha value is -3.91. The van der Waals surface area contributed by atoms with Crippen LogP contribution in [0.25, 0.3) is 33.3 Å². The van der Waals surface area contributed by atoms with Crippen LogP contribution in [-0.2, 0) is 10.8 Å². The van der Waals surface area contributed by atoms with Crippen molar-refractivity contribution < 1.29 is 18.8 Å². The minimum atomic E-state index is -1.26. The highest BCUT2D eigenvalue weighted by molar-refractivity contribution is 7.85. The molecule has 1 unspecified atom stereocenters. The second-order valence-electron chi connectivity index (χ2n) is 7.35. The Morgan fingerprint density at radius 2 is 1.85 bits per heavy atom. The molecular formula is C25H21N3O4S. The van der Waals surface area contributed by atoms with Crippen LogP contribution >= 0.6 is 0 Å². The molecule has 5 aromatic rings. The van der Waals surface area contributed by atoms with Gasteiger partial charge in [-0.25, -0.2) is 9.97 Å². The van der Waals surface area contributed by atoms with Gasteiger partial charge < -0.3 is 19.6 Å². The third-order valence-corrected chi connectivity index (χ3v) is 6.65. The molecular weight excluding hydrogens is 438 g/mol. The number of aromatic nitrogens is 3. The van der Waals surface area contributed by atoms with Gasteiger partial charge in [0.1, 0.15) is 29.7 Å². The number of aromatic amines is 1. The monoisotopic (exact) mass is 459 g/mol. The van der Waals surface area contributed by atoms with Crippen molar-refractivity contribution >= 4 is 32.7 Å². The number of hydrogen-bond acceptors (Lipinski definition) is 6. The van der Waals surface area contributed by atoms with Crippen molar-refractivity contribution in [1.82, 2.24) is 15.0 Å². The number of nitrogens with zero attached hydrogens (tertiary/aromatic N) is 2. The van der Waals surface area contributed by atoms with E-state index in [9.17, 15) is 9.32 Å². The summed E-state index contributed by atoms with van der Waals surface area (Å²) in [5, 5.41) is 11.2. The molecule has 2 aromatic heterocycles. The molecule has 5 rings (SSSR count). The summed E-state index contributed by atoms with van der Waals surface area (Å²) in [7, 11) is 0.371. The van der Waals surface area contributed by atoms with Gasteiger partial charge in [-0.1, -0.05) is 12.1 Å². The number of phenolic OH excluding ortho intramolecular Hbond substituents is 1. The number of methoxy groups -OCH3 is 1. The predicted molar refractivity (Wildman–Crippen MR) is 128 cm³/mol. The summed E-state index contributed by atoms with van der Waals surface area (Å²) in [5.74, 6) is 2.45. The van der Waals surface area contributed by atoms with Crippen LogP contribution in [0.15, 0.2) is 77.8 Å². The van der Waals surface area contributed by atoms with Crippen LogP contribution in [0.1, 0.15) is 0 Å². The number of rotatable bonds is 7. The molecule has 0 fully saturated rings. The third kappa shape index (κ3) is 4.12. The zero-order valence-corrected chi connectivity index (χ0v) is 18.6. The lowest BCUT2D eigenvalue weighted by Gasteiger charge is -2.15. The maximum atomic E-state index is 12.7. The summed E-state index contributed by atoms with van der Waals surface area (Å²) in [5.41, 5.74) is 2.24. The molecule has 33 heavy (non-hydrogen) atoms. The summed E-state index contributed by atoms with van der Waals surface area (Å²) in [6, 6.07) is 19.8. The average Bonchev–Trinajstić information content (AvgIpc) is 3.28. The quantitative estimate of drug-likeness (QED) is 0.367. The van der Waals surface area contributed by atoms with Crippen molar-refractivity contribution in [2.24, 2.45) is 0 Å². The molecule has 7 nitrogen and oxygen atoms in total. The number of pyridine rings is 1. The Labute approximate surface area is 192 Å². The Bertz CT molecular complexity index is 1430. The average molecular weight is 460 g/mol. The van der Waals surface area contributed by atoms with Crippen LogP contribution in [0.2, 0.25) is 0 Å². The predicted octanol–water partition coefficient (Wildman–Crippen LogP) is 4.68. The highest BCUT2D eigenvalue weighted by Gasteiger charge is 2.17. The zero-order valence-electron chi connectivity index (χ0n) is 17.8. The van der Waals surface area contributed by atoms with Crippen LogP contribution in [-0.4, -0.2) is 43.7 Å². The van der Waals surface area contributed by atoms with Gasteiger partial charge in [-0.2, -0.15) is 0 Å². The standard InChI is InChI=1S/C25H21N3O4S/c1-31-22-6-2-4-19-18(22)11-12-20(24-27-21-5-3-13-26-25(21)28-24)23(19)32-14-15-33(30)17-9-7-16(29)8-10-17/h2-13,29H,14-15H2,1H3,(H,26,27,28). The Morgan fingerprint density at radius 1 is 1.00 bits per heavy atom. The van der Waals surface area contributed by atoms with Crippen molar-refractivity contribution in [1.29, 1.82) is 0 Å². The fourth-order valence-electron chi connectivity index (χ4n) is 3.73. The number of H-pyrrole nitrogens is 1. The molecule has 3 aromatic carbocycles. The fourth-order valence-corrected chi connectivity index (χ4v) is 4.64. The molecule has 0 spiro atoms. The minimum Gasteiger partial charge on any atom is -0.508 e. The first-order chi connectivity index (χ1) is 16.1. The van der Waals surface area contributed by atoms with E-state index < -0.39 is 10.8 Å². The number of benzene rings is 3. The van der Waals surface area contributed by atoms with Gasteiger partial charge in [-0.05, 0) is 54.6 Å². The van der Waals surface area contributed by atoms with E-state index in [0.29, 0.717) is 27.9 Å². The minimum absolute atomic E-state index is 0.140. The molecule has 166 valence electrons. The van der Waals surface area contributed by atoms with E-state index in [2.05, 4.69) is 15.0 Å². The lowest BCUT2D eigenvalue weighted by atomic mass is 10.0. The lowest BCUT2D eigenvalue weighted by molar-refractivity contribution is 0.347. The van der Waals surface area contributed by atoms with Crippen molar-refractivity contribution in [2.45, 2.75) is 4.90 Å². The summed E-state index contributed by atoms with van der Waals surface area (Å²) >= 11 is 0. The summed E-state index contributed by atoms with van der Waals surface area (Å²) in [6.07, 6.45) is 1.70. The molecule has 0 saturated carbocycles. The van der Waals surface area contributed by atoms with E-state index >= 15 is 0 Å². The van der Waals surface area contributed by atoms with E-state index in [4.69, 9.17) is 9.47 Å². The van der Waals surface area contributed by atoms with E-state index in [1.54, 1.807) is 25.4 Å². The highest BCUT2D eigenvalue weighted by atomic mass is 32.2. The second-order valence-corrected chi connectivity index (χ2v) is 8.92. The number of hydrogen-bond donors (Lipinski definition) is 2. The van der Waals surface area contributed by atoms with Crippen LogP contribution in [0.4, 0.5) is 0 Å². The molecule has 0 aliphatic heterocycles. The van der Waals surface area contributed by atoms with E-state index in [-0.39, 0.29) is 12.4 Å². The first-order valence-electron chi connectivity index (χ1n) is 10.3. The maximum Gasteiger partial charge on any atom is 0.178 e. The van der Waals surface area contributed by atoms with Gasteiger partial charge in [0.2, 0.25) is 0 Å². The Balaban J connectivity index is 1.51. The van der Waals surface area contributed by atoms with Gasteiger partial charge in [0.25, 0.3) is 0 Å². The molecule has 0 aliphatic rings. The second kappa shape index (κ2) is 8.91. The molecule has 2 N–H and O–H groups in total. The molecule has 0 bridgehead atoms. The number of fused-ring (bicyclic) bond motifs is 2. The molecule has 2 heterocycles. The van der Waals surface area contributed by atoms with E-state index in [1.807, 2.05) is 42.5 Å². The first kappa shape index (κ1) is 21.0. The number of imidazole rings is 1. The van der Waals surface area contributed by atoms with Crippen molar-refractivity contribution in [3.8, 4) is 28.6 Å². The number of nitrogens with one attached hydrogen (secondary N) is 1. The zero-order chi connectivity index (χ0) is 22.8. The molecule has 1 atom stereocenters.